The van der Waals surface area contributed by atoms with Gasteiger partial charge in [-0.2, -0.15) is 0 Å². The van der Waals surface area contributed by atoms with Crippen molar-refractivity contribution in [3.05, 3.63) is 46.0 Å². The summed E-state index contributed by atoms with van der Waals surface area (Å²) in [5.41, 5.74) is 2.14. The van der Waals surface area contributed by atoms with Crippen molar-refractivity contribution in [3.63, 3.8) is 0 Å². The second-order valence-electron chi connectivity index (χ2n) is 7.34. The van der Waals surface area contributed by atoms with Crippen LogP contribution in [0.5, 0.6) is 0 Å². The molecule has 2 aliphatic rings. The van der Waals surface area contributed by atoms with Crippen LogP contribution in [0.1, 0.15) is 43.4 Å². The maximum Gasteiger partial charge on any atom is 0.320 e. The lowest BCUT2D eigenvalue weighted by atomic mass is 9.85. The predicted molar refractivity (Wildman–Crippen MR) is 93.5 cm³/mol. The Morgan fingerprint density at radius 2 is 2.16 bits per heavy atom. The van der Waals surface area contributed by atoms with Gasteiger partial charge < -0.3 is 5.11 Å². The molecular formula is C19H23N3O3. The Hall–Kier alpha value is -2.21. The fourth-order valence-electron chi connectivity index (χ4n) is 4.60. The molecular weight excluding hydrogens is 318 g/mol. The quantitative estimate of drug-likeness (QED) is 0.926. The summed E-state index contributed by atoms with van der Waals surface area (Å²) in [6, 6.07) is 5.14. The summed E-state index contributed by atoms with van der Waals surface area (Å²) >= 11 is 0. The zero-order valence-electron chi connectivity index (χ0n) is 14.4. The minimum atomic E-state index is -0.761. The first-order valence-corrected chi connectivity index (χ1v) is 9.01. The van der Waals surface area contributed by atoms with Crippen LogP contribution in [0.4, 0.5) is 0 Å². The van der Waals surface area contributed by atoms with Gasteiger partial charge in [0.1, 0.15) is 11.7 Å². The lowest BCUT2D eigenvalue weighted by molar-refractivity contribution is -0.142. The highest BCUT2D eigenvalue weighted by atomic mass is 16.4. The summed E-state index contributed by atoms with van der Waals surface area (Å²) in [6.07, 6.45) is 6.92. The highest BCUT2D eigenvalue weighted by molar-refractivity contribution is 5.74. The lowest BCUT2D eigenvalue weighted by Gasteiger charge is -2.32. The molecule has 0 aromatic carbocycles. The average Bonchev–Trinajstić information content (AvgIpc) is 2.95. The van der Waals surface area contributed by atoms with E-state index >= 15 is 0 Å². The van der Waals surface area contributed by atoms with E-state index in [1.807, 2.05) is 19.1 Å². The molecule has 2 aromatic rings. The maximum atomic E-state index is 12.4. The Bertz CT molecular complexity index is 876. The Balaban J connectivity index is 1.70. The minimum Gasteiger partial charge on any atom is -0.480 e. The van der Waals surface area contributed by atoms with E-state index in [0.29, 0.717) is 36.3 Å². The molecule has 1 saturated carbocycles. The van der Waals surface area contributed by atoms with Crippen molar-refractivity contribution in [2.75, 3.05) is 0 Å². The topological polar surface area (TPSA) is 74.9 Å². The summed E-state index contributed by atoms with van der Waals surface area (Å²) in [7, 11) is 0. The van der Waals surface area contributed by atoms with E-state index in [0.717, 1.165) is 24.8 Å². The van der Waals surface area contributed by atoms with Crippen LogP contribution in [0, 0.1) is 12.8 Å². The van der Waals surface area contributed by atoms with Crippen LogP contribution in [0.15, 0.2) is 29.2 Å². The van der Waals surface area contributed by atoms with Crippen LogP contribution in [0.2, 0.25) is 0 Å². The van der Waals surface area contributed by atoms with E-state index < -0.39 is 12.0 Å². The van der Waals surface area contributed by atoms with E-state index in [-0.39, 0.29) is 5.56 Å². The molecule has 1 aliphatic carbocycles. The standard InChI is InChI=1S/C19H23N3O3/c1-12-5-4-8-21-17(23)10-14(20-18(12)21)11-22-15-7-3-2-6-13(15)9-16(22)19(24)25/h4-5,8,10,13,15-16H,2-3,6-7,9,11H2,1H3,(H,24,25). The zero-order chi connectivity index (χ0) is 17.6. The number of nitrogens with zero attached hydrogens (tertiary/aromatic N) is 3. The molecule has 0 radical (unpaired) electrons. The lowest BCUT2D eigenvalue weighted by Crippen LogP contribution is -2.42. The van der Waals surface area contributed by atoms with E-state index in [2.05, 4.69) is 9.88 Å². The second-order valence-corrected chi connectivity index (χ2v) is 7.34. The Morgan fingerprint density at radius 3 is 2.96 bits per heavy atom. The van der Waals surface area contributed by atoms with Gasteiger partial charge in [0.05, 0.1) is 5.69 Å². The van der Waals surface area contributed by atoms with Crippen molar-refractivity contribution in [2.45, 2.75) is 57.7 Å². The number of hydrogen-bond donors (Lipinski definition) is 1. The number of likely N-dealkylation sites (tertiary alicyclic amines) is 1. The molecule has 3 atom stereocenters. The van der Waals surface area contributed by atoms with Crippen LogP contribution in [0.25, 0.3) is 5.65 Å². The number of pyridine rings is 1. The van der Waals surface area contributed by atoms with Crippen molar-refractivity contribution < 1.29 is 9.90 Å². The third-order valence-corrected chi connectivity index (χ3v) is 5.79. The van der Waals surface area contributed by atoms with Crippen LogP contribution in [-0.2, 0) is 11.3 Å². The fourth-order valence-corrected chi connectivity index (χ4v) is 4.60. The van der Waals surface area contributed by atoms with Crippen LogP contribution in [-0.4, -0.2) is 37.4 Å². The molecule has 3 unspecified atom stereocenters. The first-order valence-electron chi connectivity index (χ1n) is 9.01. The van der Waals surface area contributed by atoms with E-state index in [1.165, 1.54) is 6.42 Å². The number of aromatic nitrogens is 2. The summed E-state index contributed by atoms with van der Waals surface area (Å²) in [5.74, 6) is -0.304. The monoisotopic (exact) mass is 341 g/mol. The van der Waals surface area contributed by atoms with E-state index in [9.17, 15) is 14.7 Å². The van der Waals surface area contributed by atoms with Crippen molar-refractivity contribution >= 4 is 11.6 Å². The van der Waals surface area contributed by atoms with Crippen LogP contribution in [0.3, 0.4) is 0 Å². The van der Waals surface area contributed by atoms with Crippen molar-refractivity contribution in [2.24, 2.45) is 5.92 Å². The third-order valence-electron chi connectivity index (χ3n) is 5.79. The number of carboxylic acid groups (broad SMARTS) is 1. The number of carbonyl (C=O) groups is 1. The van der Waals surface area contributed by atoms with Crippen molar-refractivity contribution in [1.29, 1.82) is 0 Å². The molecule has 2 fully saturated rings. The minimum absolute atomic E-state index is 0.116. The molecule has 1 saturated heterocycles. The molecule has 0 amide bonds. The number of carboxylic acids is 1. The van der Waals surface area contributed by atoms with Crippen molar-refractivity contribution in [1.82, 2.24) is 14.3 Å². The predicted octanol–water partition coefficient (Wildman–Crippen LogP) is 2.22. The summed E-state index contributed by atoms with van der Waals surface area (Å²) in [5, 5.41) is 9.65. The maximum absolute atomic E-state index is 12.4. The molecule has 1 N–H and O–H groups in total. The normalized spacial score (nSPS) is 26.7. The Kier molecular flexibility index (Phi) is 4.07. The van der Waals surface area contributed by atoms with Gasteiger partial charge in [0.25, 0.3) is 5.56 Å². The molecule has 6 nitrogen and oxygen atoms in total. The van der Waals surface area contributed by atoms with Gasteiger partial charge in [-0.25, -0.2) is 4.98 Å². The molecule has 0 bridgehead atoms. The number of rotatable bonds is 3. The molecule has 1 aliphatic heterocycles. The van der Waals surface area contributed by atoms with Gasteiger partial charge in [0, 0.05) is 24.8 Å². The van der Waals surface area contributed by atoms with Gasteiger partial charge >= 0.3 is 5.97 Å². The molecule has 4 rings (SSSR count). The highest BCUT2D eigenvalue weighted by Crippen LogP contribution is 2.40. The zero-order valence-corrected chi connectivity index (χ0v) is 14.4. The highest BCUT2D eigenvalue weighted by Gasteiger charge is 2.45. The van der Waals surface area contributed by atoms with Gasteiger partial charge in [-0.1, -0.05) is 18.9 Å². The van der Waals surface area contributed by atoms with Gasteiger partial charge in [-0.15, -0.1) is 0 Å². The third kappa shape index (κ3) is 2.84. The molecule has 6 heteroatoms. The summed E-state index contributed by atoms with van der Waals surface area (Å²) in [6.45, 7) is 2.36. The van der Waals surface area contributed by atoms with Crippen LogP contribution >= 0.6 is 0 Å². The van der Waals surface area contributed by atoms with Crippen LogP contribution < -0.4 is 5.56 Å². The van der Waals surface area contributed by atoms with Gasteiger partial charge in [0.2, 0.25) is 0 Å². The number of fused-ring (bicyclic) bond motifs is 2. The largest absolute Gasteiger partial charge is 0.480 e. The molecule has 25 heavy (non-hydrogen) atoms. The molecule has 3 heterocycles. The fraction of sp³-hybridized carbons (Fsp3) is 0.526. The Morgan fingerprint density at radius 1 is 1.36 bits per heavy atom. The summed E-state index contributed by atoms with van der Waals surface area (Å²) < 4.78 is 1.54. The summed E-state index contributed by atoms with van der Waals surface area (Å²) in [4.78, 5) is 30.9. The van der Waals surface area contributed by atoms with Crippen molar-refractivity contribution in [3.8, 4) is 0 Å². The van der Waals surface area contributed by atoms with Gasteiger partial charge in [-0.3, -0.25) is 18.9 Å². The Labute approximate surface area is 146 Å². The SMILES string of the molecule is Cc1cccn2c(=O)cc(CN3C(C(=O)O)CC4CCCCC43)nc12. The molecule has 2 aromatic heterocycles. The molecule has 132 valence electrons. The second kappa shape index (κ2) is 6.26. The number of aliphatic carboxylic acids is 1. The molecule has 0 spiro atoms. The number of hydrogen-bond acceptors (Lipinski definition) is 4. The first-order chi connectivity index (χ1) is 12.0. The smallest absolute Gasteiger partial charge is 0.320 e. The van der Waals surface area contributed by atoms with Gasteiger partial charge in [0.15, 0.2) is 0 Å². The van der Waals surface area contributed by atoms with Gasteiger partial charge in [-0.05, 0) is 43.7 Å². The van der Waals surface area contributed by atoms with E-state index in [1.54, 1.807) is 16.7 Å². The van der Waals surface area contributed by atoms with E-state index in [4.69, 9.17) is 0 Å². The number of aryl methyl sites for hydroxylation is 1. The first kappa shape index (κ1) is 16.3. The average molecular weight is 341 g/mol.